The van der Waals surface area contributed by atoms with Crippen LogP contribution in [0.5, 0.6) is 0 Å². The van der Waals surface area contributed by atoms with Gasteiger partial charge in [-0.1, -0.05) is 84.4 Å². The Balaban J connectivity index is 1.82. The lowest BCUT2D eigenvalue weighted by molar-refractivity contribution is 1.04. The van der Waals surface area contributed by atoms with Gasteiger partial charge in [0.25, 0.3) is 0 Å². The minimum atomic E-state index is 0.219. The van der Waals surface area contributed by atoms with Crippen LogP contribution < -0.4 is 0 Å². The maximum Gasteiger partial charge on any atom is 0.0457 e. The van der Waals surface area contributed by atoms with Crippen molar-refractivity contribution in [3.05, 3.63) is 113 Å². The summed E-state index contributed by atoms with van der Waals surface area (Å²) in [5.41, 5.74) is 6.32. The van der Waals surface area contributed by atoms with Crippen LogP contribution in [0.2, 0.25) is 0 Å². The van der Waals surface area contributed by atoms with E-state index in [0.29, 0.717) is 0 Å². The number of fused-ring (bicyclic) bond motifs is 1. The standard InChI is InChI=1S/C24H21N/c1-18-12-15-24-22(16-18)23(17-25-24)21(20-10-6-3-7-11-20)14-13-19-8-4-2-5-9-19/h2-17,21,25H,1H3/b14-13+/t21-/m1/s1. The number of aromatic amines is 1. The maximum atomic E-state index is 3.43. The Morgan fingerprint density at radius 2 is 1.56 bits per heavy atom. The Morgan fingerprint density at radius 1 is 0.840 bits per heavy atom. The van der Waals surface area contributed by atoms with Gasteiger partial charge in [0.15, 0.2) is 0 Å². The lowest BCUT2D eigenvalue weighted by Gasteiger charge is -2.13. The van der Waals surface area contributed by atoms with Crippen molar-refractivity contribution in [3.63, 3.8) is 0 Å². The fourth-order valence-electron chi connectivity index (χ4n) is 3.34. The second-order valence-electron chi connectivity index (χ2n) is 6.45. The fourth-order valence-corrected chi connectivity index (χ4v) is 3.34. The molecule has 0 fully saturated rings. The number of allylic oxidation sites excluding steroid dienone is 1. The van der Waals surface area contributed by atoms with Gasteiger partial charge < -0.3 is 4.98 Å². The molecule has 0 unspecified atom stereocenters. The highest BCUT2D eigenvalue weighted by molar-refractivity contribution is 5.85. The molecule has 3 aromatic carbocycles. The normalized spacial score (nSPS) is 12.7. The van der Waals surface area contributed by atoms with Crippen LogP contribution in [-0.2, 0) is 0 Å². The van der Waals surface area contributed by atoms with Crippen LogP contribution in [-0.4, -0.2) is 4.98 Å². The number of aromatic nitrogens is 1. The van der Waals surface area contributed by atoms with Crippen LogP contribution in [0.1, 0.15) is 28.2 Å². The molecule has 1 aromatic heterocycles. The molecular formula is C24H21N. The number of rotatable bonds is 4. The van der Waals surface area contributed by atoms with Crippen molar-refractivity contribution in [3.8, 4) is 0 Å². The molecule has 0 spiro atoms. The topological polar surface area (TPSA) is 15.8 Å². The van der Waals surface area contributed by atoms with Crippen molar-refractivity contribution < 1.29 is 0 Å². The second kappa shape index (κ2) is 6.82. The molecule has 0 aliphatic carbocycles. The van der Waals surface area contributed by atoms with E-state index in [1.807, 2.05) is 0 Å². The van der Waals surface area contributed by atoms with Crippen LogP contribution >= 0.6 is 0 Å². The third kappa shape index (κ3) is 3.27. The first kappa shape index (κ1) is 15.5. The molecule has 1 heteroatoms. The molecule has 4 aromatic rings. The van der Waals surface area contributed by atoms with Crippen molar-refractivity contribution in [1.29, 1.82) is 0 Å². The molecule has 25 heavy (non-hydrogen) atoms. The zero-order chi connectivity index (χ0) is 17.1. The number of H-pyrrole nitrogens is 1. The van der Waals surface area contributed by atoms with Gasteiger partial charge in [-0.15, -0.1) is 0 Å². The van der Waals surface area contributed by atoms with Gasteiger partial charge in [-0.2, -0.15) is 0 Å². The number of benzene rings is 3. The van der Waals surface area contributed by atoms with Crippen molar-refractivity contribution in [2.45, 2.75) is 12.8 Å². The summed E-state index contributed by atoms with van der Waals surface area (Å²) in [5.74, 6) is 0.219. The van der Waals surface area contributed by atoms with E-state index in [0.717, 1.165) is 0 Å². The molecule has 0 saturated heterocycles. The van der Waals surface area contributed by atoms with Gasteiger partial charge in [0.1, 0.15) is 0 Å². The molecule has 1 nitrogen and oxygen atoms in total. The van der Waals surface area contributed by atoms with Crippen LogP contribution in [0.15, 0.2) is 91.1 Å². The molecule has 4 rings (SSSR count). The average Bonchev–Trinajstić information content (AvgIpc) is 3.07. The summed E-state index contributed by atoms with van der Waals surface area (Å²) in [6.07, 6.45) is 6.67. The molecule has 0 aliphatic rings. The van der Waals surface area contributed by atoms with Gasteiger partial charge in [0.2, 0.25) is 0 Å². The van der Waals surface area contributed by atoms with E-state index in [4.69, 9.17) is 0 Å². The highest BCUT2D eigenvalue weighted by Crippen LogP contribution is 2.33. The first-order chi connectivity index (χ1) is 12.3. The number of hydrogen-bond acceptors (Lipinski definition) is 0. The molecule has 1 N–H and O–H groups in total. The number of aryl methyl sites for hydroxylation is 1. The summed E-state index contributed by atoms with van der Waals surface area (Å²) in [7, 11) is 0. The molecular weight excluding hydrogens is 302 g/mol. The van der Waals surface area contributed by atoms with Gasteiger partial charge in [0, 0.05) is 23.0 Å². The Labute approximate surface area is 148 Å². The Hall–Kier alpha value is -3.06. The van der Waals surface area contributed by atoms with Crippen molar-refractivity contribution in [2.24, 2.45) is 0 Å². The smallest absolute Gasteiger partial charge is 0.0457 e. The van der Waals surface area contributed by atoms with Gasteiger partial charge in [0.05, 0.1) is 0 Å². The summed E-state index contributed by atoms with van der Waals surface area (Å²) in [5, 5.41) is 1.30. The molecule has 1 atom stereocenters. The first-order valence-electron chi connectivity index (χ1n) is 8.67. The molecule has 1 heterocycles. The average molecular weight is 323 g/mol. The Kier molecular flexibility index (Phi) is 4.22. The molecule has 0 aliphatic heterocycles. The second-order valence-corrected chi connectivity index (χ2v) is 6.45. The Bertz CT molecular complexity index is 994. The molecule has 0 radical (unpaired) electrons. The van der Waals surface area contributed by atoms with E-state index < -0.39 is 0 Å². The van der Waals surface area contributed by atoms with Crippen LogP contribution in [0.3, 0.4) is 0 Å². The maximum absolute atomic E-state index is 3.43. The minimum absolute atomic E-state index is 0.219. The molecule has 0 saturated carbocycles. The lowest BCUT2D eigenvalue weighted by Crippen LogP contribution is -1.97. The van der Waals surface area contributed by atoms with E-state index in [1.54, 1.807) is 0 Å². The highest BCUT2D eigenvalue weighted by atomic mass is 14.7. The van der Waals surface area contributed by atoms with E-state index in [1.165, 1.54) is 33.2 Å². The quantitative estimate of drug-likeness (QED) is 0.452. The zero-order valence-electron chi connectivity index (χ0n) is 14.3. The van der Waals surface area contributed by atoms with E-state index >= 15 is 0 Å². The summed E-state index contributed by atoms with van der Waals surface area (Å²) >= 11 is 0. The van der Waals surface area contributed by atoms with Crippen molar-refractivity contribution in [1.82, 2.24) is 4.98 Å². The van der Waals surface area contributed by atoms with Crippen LogP contribution in [0, 0.1) is 6.92 Å². The molecule has 0 bridgehead atoms. The zero-order valence-corrected chi connectivity index (χ0v) is 14.3. The number of hydrogen-bond donors (Lipinski definition) is 1. The summed E-state index contributed by atoms with van der Waals surface area (Å²) < 4.78 is 0. The van der Waals surface area contributed by atoms with Gasteiger partial charge in [-0.25, -0.2) is 0 Å². The third-order valence-electron chi connectivity index (χ3n) is 4.64. The molecule has 122 valence electrons. The van der Waals surface area contributed by atoms with E-state index in [-0.39, 0.29) is 5.92 Å². The van der Waals surface area contributed by atoms with Crippen LogP contribution in [0.25, 0.3) is 17.0 Å². The lowest BCUT2D eigenvalue weighted by atomic mass is 9.90. The number of nitrogens with one attached hydrogen (secondary N) is 1. The van der Waals surface area contributed by atoms with Crippen molar-refractivity contribution in [2.75, 3.05) is 0 Å². The van der Waals surface area contributed by atoms with Gasteiger partial charge in [-0.05, 0) is 35.7 Å². The molecule has 0 amide bonds. The van der Waals surface area contributed by atoms with E-state index in [9.17, 15) is 0 Å². The van der Waals surface area contributed by atoms with Gasteiger partial charge >= 0.3 is 0 Å². The van der Waals surface area contributed by atoms with Gasteiger partial charge in [-0.3, -0.25) is 0 Å². The Morgan fingerprint density at radius 3 is 2.32 bits per heavy atom. The summed E-state index contributed by atoms with van der Waals surface area (Å²) in [6, 6.07) is 27.8. The third-order valence-corrected chi connectivity index (χ3v) is 4.64. The van der Waals surface area contributed by atoms with E-state index in [2.05, 4.69) is 109 Å². The van der Waals surface area contributed by atoms with Crippen LogP contribution in [0.4, 0.5) is 0 Å². The fraction of sp³-hybridized carbons (Fsp3) is 0.0833. The monoisotopic (exact) mass is 323 g/mol. The SMILES string of the molecule is Cc1ccc2[nH]cc([C@H](/C=C/c3ccccc3)c3ccccc3)c2c1. The summed E-state index contributed by atoms with van der Waals surface area (Å²) in [6.45, 7) is 2.15. The summed E-state index contributed by atoms with van der Waals surface area (Å²) in [4.78, 5) is 3.43. The largest absolute Gasteiger partial charge is 0.361 e. The first-order valence-corrected chi connectivity index (χ1v) is 8.67. The highest BCUT2D eigenvalue weighted by Gasteiger charge is 2.15. The predicted octanol–water partition coefficient (Wildman–Crippen LogP) is 6.32. The predicted molar refractivity (Wildman–Crippen MR) is 107 cm³/mol. The van der Waals surface area contributed by atoms with Crippen molar-refractivity contribution >= 4 is 17.0 Å². The minimum Gasteiger partial charge on any atom is -0.361 e.